The molecule has 0 saturated carbocycles. The van der Waals surface area contributed by atoms with Crippen LogP contribution in [0.25, 0.3) is 0 Å². The quantitative estimate of drug-likeness (QED) is 0.904. The van der Waals surface area contributed by atoms with E-state index in [0.717, 1.165) is 30.8 Å². The lowest BCUT2D eigenvalue weighted by atomic mass is 10.0. The van der Waals surface area contributed by atoms with Crippen molar-refractivity contribution in [3.63, 3.8) is 0 Å². The zero-order chi connectivity index (χ0) is 13.9. The average Bonchev–Trinajstić information content (AvgIpc) is 2.44. The van der Waals surface area contributed by atoms with Crippen molar-refractivity contribution in [3.8, 4) is 0 Å². The molecule has 0 saturated heterocycles. The molecule has 4 nitrogen and oxygen atoms in total. The lowest BCUT2D eigenvalue weighted by Crippen LogP contribution is -2.29. The van der Waals surface area contributed by atoms with E-state index in [4.69, 9.17) is 0 Å². The molecule has 106 valence electrons. The maximum absolute atomic E-state index is 12.4. The van der Waals surface area contributed by atoms with Crippen LogP contribution < -0.4 is 5.32 Å². The van der Waals surface area contributed by atoms with Gasteiger partial charge in [0.05, 0.1) is 4.90 Å². The number of rotatable bonds is 5. The molecule has 0 amide bonds. The Morgan fingerprint density at radius 1 is 1.42 bits per heavy atom. The van der Waals surface area contributed by atoms with Crippen LogP contribution in [0.3, 0.4) is 0 Å². The van der Waals surface area contributed by atoms with Crippen molar-refractivity contribution >= 4 is 27.5 Å². The summed E-state index contributed by atoms with van der Waals surface area (Å²) in [7, 11) is -1.73. The highest BCUT2D eigenvalue weighted by Gasteiger charge is 2.22. The highest BCUT2D eigenvalue weighted by molar-refractivity contribution is 7.98. The summed E-state index contributed by atoms with van der Waals surface area (Å²) >= 11 is 1.65. The van der Waals surface area contributed by atoms with Crippen LogP contribution in [0.5, 0.6) is 0 Å². The van der Waals surface area contributed by atoms with Crippen molar-refractivity contribution in [2.45, 2.75) is 17.7 Å². The van der Waals surface area contributed by atoms with E-state index in [1.54, 1.807) is 30.9 Å². The van der Waals surface area contributed by atoms with Gasteiger partial charge in [0.15, 0.2) is 0 Å². The van der Waals surface area contributed by atoms with Crippen LogP contribution in [-0.4, -0.2) is 44.9 Å². The molecule has 6 heteroatoms. The van der Waals surface area contributed by atoms with Gasteiger partial charge in [-0.1, -0.05) is 6.07 Å². The van der Waals surface area contributed by atoms with Crippen LogP contribution >= 0.6 is 11.8 Å². The summed E-state index contributed by atoms with van der Waals surface area (Å²) in [6.45, 7) is 1.45. The summed E-state index contributed by atoms with van der Waals surface area (Å²) in [6.07, 6.45) is 4.10. The van der Waals surface area contributed by atoms with Crippen LogP contribution in [0.4, 0.5) is 5.69 Å². The Labute approximate surface area is 119 Å². The van der Waals surface area contributed by atoms with E-state index in [9.17, 15) is 8.42 Å². The normalized spacial score (nSPS) is 15.1. The fraction of sp³-hybridized carbons (Fsp3) is 0.538. The van der Waals surface area contributed by atoms with Crippen LogP contribution in [0.2, 0.25) is 0 Å². The van der Waals surface area contributed by atoms with Crippen molar-refractivity contribution < 1.29 is 8.42 Å². The van der Waals surface area contributed by atoms with Gasteiger partial charge in [0, 0.05) is 31.6 Å². The highest BCUT2D eigenvalue weighted by atomic mass is 32.2. The number of sulfonamides is 1. The van der Waals surface area contributed by atoms with Crippen LogP contribution in [-0.2, 0) is 16.4 Å². The molecule has 1 aromatic carbocycles. The zero-order valence-corrected chi connectivity index (χ0v) is 13.0. The van der Waals surface area contributed by atoms with Gasteiger partial charge >= 0.3 is 0 Å². The molecule has 0 bridgehead atoms. The maximum atomic E-state index is 12.4. The first-order valence-electron chi connectivity index (χ1n) is 6.38. The molecule has 19 heavy (non-hydrogen) atoms. The standard InChI is InChI=1S/C13H20N2O2S2/c1-15(8-9-18-2)19(16,17)12-6-5-11-4-3-7-14-13(11)10-12/h5-6,10,14H,3-4,7-9H2,1-2H3. The predicted octanol–water partition coefficient (Wildman–Crippen LogP) is 2.03. The van der Waals surface area contributed by atoms with Crippen molar-refractivity contribution in [2.24, 2.45) is 0 Å². The largest absolute Gasteiger partial charge is 0.385 e. The summed E-state index contributed by atoms with van der Waals surface area (Å²) in [5, 5.41) is 3.27. The van der Waals surface area contributed by atoms with E-state index < -0.39 is 10.0 Å². The van der Waals surface area contributed by atoms with Gasteiger partial charge in [-0.05, 0) is 36.8 Å². The number of anilines is 1. The minimum Gasteiger partial charge on any atom is -0.385 e. The van der Waals surface area contributed by atoms with E-state index in [1.807, 2.05) is 12.3 Å². The smallest absolute Gasteiger partial charge is 0.242 e. The van der Waals surface area contributed by atoms with E-state index in [0.29, 0.717) is 11.4 Å². The topological polar surface area (TPSA) is 49.4 Å². The molecule has 0 radical (unpaired) electrons. The Kier molecular flexibility index (Phi) is 4.76. The summed E-state index contributed by atoms with van der Waals surface area (Å²) in [4.78, 5) is 0.379. The number of hydrogen-bond acceptors (Lipinski definition) is 4. The molecule has 0 aromatic heterocycles. The van der Waals surface area contributed by atoms with E-state index in [2.05, 4.69) is 5.32 Å². The molecule has 1 aliphatic rings. The van der Waals surface area contributed by atoms with E-state index >= 15 is 0 Å². The summed E-state index contributed by atoms with van der Waals surface area (Å²) in [5.74, 6) is 0.804. The molecule has 0 spiro atoms. The third-order valence-electron chi connectivity index (χ3n) is 3.34. The van der Waals surface area contributed by atoms with Gasteiger partial charge in [-0.2, -0.15) is 11.8 Å². The summed E-state index contributed by atoms with van der Waals surface area (Å²) in [5.41, 5.74) is 2.17. The van der Waals surface area contributed by atoms with Gasteiger partial charge in [-0.15, -0.1) is 0 Å². The van der Waals surface area contributed by atoms with Crippen molar-refractivity contribution in [1.29, 1.82) is 0 Å². The molecule has 0 atom stereocenters. The zero-order valence-electron chi connectivity index (χ0n) is 11.3. The molecule has 0 aliphatic carbocycles. The molecule has 1 N–H and O–H groups in total. The molecule has 1 aromatic rings. The lowest BCUT2D eigenvalue weighted by Gasteiger charge is -2.21. The minimum absolute atomic E-state index is 0.379. The second-order valence-corrected chi connectivity index (χ2v) is 7.70. The second-order valence-electron chi connectivity index (χ2n) is 4.67. The van der Waals surface area contributed by atoms with Gasteiger partial charge in [-0.3, -0.25) is 0 Å². The van der Waals surface area contributed by atoms with Crippen molar-refractivity contribution in [3.05, 3.63) is 23.8 Å². The van der Waals surface area contributed by atoms with Gasteiger partial charge in [-0.25, -0.2) is 12.7 Å². The first-order chi connectivity index (χ1) is 9.05. The Balaban J connectivity index is 2.25. The molecule has 2 rings (SSSR count). The van der Waals surface area contributed by atoms with Gasteiger partial charge in [0.2, 0.25) is 10.0 Å². The van der Waals surface area contributed by atoms with Crippen LogP contribution in [0, 0.1) is 0 Å². The number of nitrogens with zero attached hydrogens (tertiary/aromatic N) is 1. The third-order valence-corrected chi connectivity index (χ3v) is 5.78. The van der Waals surface area contributed by atoms with Gasteiger partial charge in [0.1, 0.15) is 0 Å². The van der Waals surface area contributed by atoms with E-state index in [1.165, 1.54) is 9.87 Å². The monoisotopic (exact) mass is 300 g/mol. The third kappa shape index (κ3) is 3.24. The molecule has 1 heterocycles. The number of hydrogen-bond donors (Lipinski definition) is 1. The lowest BCUT2D eigenvalue weighted by molar-refractivity contribution is 0.488. The second kappa shape index (κ2) is 6.15. The SMILES string of the molecule is CSCCN(C)S(=O)(=O)c1ccc2c(c1)NCCC2. The van der Waals surface area contributed by atoms with Crippen molar-refractivity contribution in [1.82, 2.24) is 4.31 Å². The summed E-state index contributed by atoms with van der Waals surface area (Å²) in [6, 6.07) is 5.41. The molecule has 1 aliphatic heterocycles. The number of fused-ring (bicyclic) bond motifs is 1. The number of nitrogens with one attached hydrogen (secondary N) is 1. The molecule has 0 fully saturated rings. The minimum atomic E-state index is -3.36. The van der Waals surface area contributed by atoms with Gasteiger partial charge < -0.3 is 5.32 Å². The number of thioether (sulfide) groups is 1. The molecular formula is C13H20N2O2S2. The van der Waals surface area contributed by atoms with E-state index in [-0.39, 0.29) is 0 Å². The van der Waals surface area contributed by atoms with Crippen LogP contribution in [0.15, 0.2) is 23.1 Å². The first kappa shape index (κ1) is 14.7. The maximum Gasteiger partial charge on any atom is 0.242 e. The van der Waals surface area contributed by atoms with Crippen molar-refractivity contribution in [2.75, 3.05) is 37.5 Å². The summed E-state index contributed by atoms with van der Waals surface area (Å²) < 4.78 is 26.3. The average molecular weight is 300 g/mol. The Morgan fingerprint density at radius 2 is 2.21 bits per heavy atom. The van der Waals surface area contributed by atoms with Gasteiger partial charge in [0.25, 0.3) is 0 Å². The predicted molar refractivity (Wildman–Crippen MR) is 81.5 cm³/mol. The Hall–Kier alpha value is -0.720. The Bertz CT molecular complexity index is 544. The first-order valence-corrected chi connectivity index (χ1v) is 9.21. The van der Waals surface area contributed by atoms with Crippen LogP contribution in [0.1, 0.15) is 12.0 Å². The number of aryl methyl sites for hydroxylation is 1. The highest BCUT2D eigenvalue weighted by Crippen LogP contribution is 2.26. The molecular weight excluding hydrogens is 280 g/mol. The Morgan fingerprint density at radius 3 is 2.95 bits per heavy atom. The number of benzene rings is 1. The fourth-order valence-electron chi connectivity index (χ4n) is 2.12. The molecule has 0 unspecified atom stereocenters. The fourth-order valence-corrected chi connectivity index (χ4v) is 3.89.